The molecule has 3 aromatic rings. The third-order valence-corrected chi connectivity index (χ3v) is 7.90. The topological polar surface area (TPSA) is 65.3 Å². The summed E-state index contributed by atoms with van der Waals surface area (Å²) in [7, 11) is 0. The number of ether oxygens (including phenoxy) is 6. The maximum Gasteiger partial charge on any atom is 0.125 e. The van der Waals surface area contributed by atoms with E-state index in [2.05, 4.69) is 77.9 Å². The summed E-state index contributed by atoms with van der Waals surface area (Å²) >= 11 is 0. The highest BCUT2D eigenvalue weighted by molar-refractivity contribution is 5.56. The van der Waals surface area contributed by atoms with Crippen molar-refractivity contribution >= 4 is 0 Å². The largest absolute Gasteiger partial charge is 0.490 e. The summed E-state index contributed by atoms with van der Waals surface area (Å²) in [6, 6.07) is 13.7. The Labute approximate surface area is 237 Å². The van der Waals surface area contributed by atoms with E-state index in [0.717, 1.165) is 70.4 Å². The van der Waals surface area contributed by atoms with Crippen molar-refractivity contribution in [1.29, 1.82) is 0 Å². The first kappa shape index (κ1) is 27.1. The lowest BCUT2D eigenvalue weighted by atomic mass is 9.81. The van der Waals surface area contributed by atoms with Gasteiger partial charge < -0.3 is 28.4 Å². The number of aryl methyl sites for hydroxylation is 6. The summed E-state index contributed by atoms with van der Waals surface area (Å²) in [6.07, 6.45) is 0.674. The zero-order valence-corrected chi connectivity index (χ0v) is 24.5. The van der Waals surface area contributed by atoms with E-state index >= 15 is 0 Å². The van der Waals surface area contributed by atoms with Crippen molar-refractivity contribution in [2.75, 3.05) is 39.6 Å². The zero-order valence-electron chi connectivity index (χ0n) is 24.5. The molecule has 6 nitrogen and oxygen atoms in total. The molecule has 0 spiro atoms. The monoisotopic (exact) mass is 544 g/mol. The Kier molecular flexibility index (Phi) is 7.51. The third kappa shape index (κ3) is 6.14. The van der Waals surface area contributed by atoms with E-state index in [1.54, 1.807) is 0 Å². The normalized spacial score (nSPS) is 21.6. The van der Waals surface area contributed by atoms with Gasteiger partial charge in [0.15, 0.2) is 0 Å². The summed E-state index contributed by atoms with van der Waals surface area (Å²) in [6.45, 7) is 17.0. The Balaban J connectivity index is 1.39. The van der Waals surface area contributed by atoms with E-state index in [9.17, 15) is 0 Å². The predicted molar refractivity (Wildman–Crippen MR) is 154 cm³/mol. The van der Waals surface area contributed by atoms with Crippen LogP contribution in [-0.2, 0) is 14.2 Å². The van der Waals surface area contributed by atoms with Crippen molar-refractivity contribution in [1.82, 2.24) is 0 Å². The van der Waals surface area contributed by atoms with Crippen molar-refractivity contribution < 1.29 is 28.4 Å². The van der Waals surface area contributed by atoms with Crippen LogP contribution in [0, 0.1) is 41.5 Å². The van der Waals surface area contributed by atoms with Gasteiger partial charge >= 0.3 is 0 Å². The van der Waals surface area contributed by atoms with Gasteiger partial charge in [0, 0.05) is 5.92 Å². The second-order valence-electron chi connectivity index (χ2n) is 11.7. The van der Waals surface area contributed by atoms with Gasteiger partial charge in [-0.1, -0.05) is 36.4 Å². The molecule has 0 radical (unpaired) electrons. The maximum atomic E-state index is 6.17. The van der Waals surface area contributed by atoms with Gasteiger partial charge in [0.2, 0.25) is 0 Å². The van der Waals surface area contributed by atoms with Crippen LogP contribution in [0.2, 0.25) is 0 Å². The van der Waals surface area contributed by atoms with E-state index in [1.807, 2.05) is 0 Å². The van der Waals surface area contributed by atoms with Crippen LogP contribution in [0.1, 0.15) is 56.0 Å². The highest BCUT2D eigenvalue weighted by Crippen LogP contribution is 2.41. The average Bonchev–Trinajstić information content (AvgIpc) is 3.73. The van der Waals surface area contributed by atoms with Crippen LogP contribution in [0.5, 0.6) is 17.2 Å². The van der Waals surface area contributed by atoms with Gasteiger partial charge in [-0.3, -0.25) is 0 Å². The minimum absolute atomic E-state index is 0.0367. The van der Waals surface area contributed by atoms with Gasteiger partial charge in [-0.15, -0.1) is 0 Å². The molecule has 0 N–H and O–H groups in total. The first-order chi connectivity index (χ1) is 19.3. The molecule has 212 valence electrons. The van der Waals surface area contributed by atoms with Crippen LogP contribution in [0.3, 0.4) is 0 Å². The van der Waals surface area contributed by atoms with Gasteiger partial charge in [-0.05, 0) is 91.6 Å². The fourth-order valence-corrected chi connectivity index (χ4v) is 5.73. The van der Waals surface area contributed by atoms with Gasteiger partial charge in [0.1, 0.15) is 55.4 Å². The second-order valence-corrected chi connectivity index (χ2v) is 11.7. The summed E-state index contributed by atoms with van der Waals surface area (Å²) in [5.41, 5.74) is 10.5. The highest BCUT2D eigenvalue weighted by Gasteiger charge is 2.28. The minimum atomic E-state index is 0.0367. The van der Waals surface area contributed by atoms with E-state index < -0.39 is 0 Å². The smallest absolute Gasteiger partial charge is 0.125 e. The molecule has 0 aliphatic carbocycles. The molecule has 0 saturated carbocycles. The summed E-state index contributed by atoms with van der Waals surface area (Å²) in [5, 5.41) is 0. The Morgan fingerprint density at radius 2 is 0.725 bits per heavy atom. The van der Waals surface area contributed by atoms with Gasteiger partial charge in [-0.2, -0.15) is 0 Å². The number of epoxide rings is 3. The second kappa shape index (κ2) is 11.1. The molecule has 3 heterocycles. The molecule has 40 heavy (non-hydrogen) atoms. The summed E-state index contributed by atoms with van der Waals surface area (Å²) < 4.78 is 34.6. The lowest BCUT2D eigenvalue weighted by Gasteiger charge is -2.25. The molecule has 3 saturated heterocycles. The Morgan fingerprint density at radius 1 is 0.500 bits per heavy atom. The van der Waals surface area contributed by atoms with Crippen molar-refractivity contribution in [2.45, 2.75) is 65.8 Å². The van der Waals surface area contributed by atoms with Crippen molar-refractivity contribution in [3.63, 3.8) is 0 Å². The molecule has 6 rings (SSSR count). The Bertz CT molecular complexity index is 1160. The zero-order chi connectivity index (χ0) is 28.0. The van der Waals surface area contributed by atoms with Crippen LogP contribution in [0.15, 0.2) is 36.4 Å². The molecule has 6 heteroatoms. The Morgan fingerprint density at radius 3 is 0.925 bits per heavy atom. The maximum absolute atomic E-state index is 6.17. The van der Waals surface area contributed by atoms with Gasteiger partial charge in [0.25, 0.3) is 0 Å². The molecule has 3 unspecified atom stereocenters. The molecular formula is C34H40O6. The molecular weight excluding hydrogens is 504 g/mol. The third-order valence-electron chi connectivity index (χ3n) is 7.90. The van der Waals surface area contributed by atoms with Crippen LogP contribution in [-0.4, -0.2) is 58.0 Å². The SMILES string of the molecule is Cc1cc(C(c2cc(C)c(OCC3CO3)c(C)c2)c2cc(C)c(OCC3CO3)c(C)c2)cc(C)c1OCC1CO1. The Hall–Kier alpha value is -3.06. The number of rotatable bonds is 12. The fraction of sp³-hybridized carbons (Fsp3) is 0.471. The molecule has 3 aromatic carbocycles. The molecule has 0 aromatic heterocycles. The molecule has 0 bridgehead atoms. The molecule has 0 amide bonds. The van der Waals surface area contributed by atoms with Crippen molar-refractivity contribution in [3.05, 3.63) is 86.5 Å². The first-order valence-electron chi connectivity index (χ1n) is 14.3. The van der Waals surface area contributed by atoms with Crippen LogP contribution in [0.4, 0.5) is 0 Å². The van der Waals surface area contributed by atoms with E-state index in [0.29, 0.717) is 19.8 Å². The quantitative estimate of drug-likeness (QED) is 0.204. The van der Waals surface area contributed by atoms with E-state index in [1.165, 1.54) is 16.7 Å². The van der Waals surface area contributed by atoms with Crippen LogP contribution >= 0.6 is 0 Å². The number of hydrogen-bond donors (Lipinski definition) is 0. The van der Waals surface area contributed by atoms with E-state index in [-0.39, 0.29) is 24.2 Å². The molecule has 3 fully saturated rings. The lowest BCUT2D eigenvalue weighted by molar-refractivity contribution is 0.260. The minimum Gasteiger partial charge on any atom is -0.490 e. The van der Waals surface area contributed by atoms with Crippen LogP contribution < -0.4 is 14.2 Å². The lowest BCUT2D eigenvalue weighted by Crippen LogP contribution is -2.11. The predicted octanol–water partition coefficient (Wildman–Crippen LogP) is 6.05. The van der Waals surface area contributed by atoms with Gasteiger partial charge in [-0.25, -0.2) is 0 Å². The van der Waals surface area contributed by atoms with E-state index in [4.69, 9.17) is 28.4 Å². The van der Waals surface area contributed by atoms with Crippen LogP contribution in [0.25, 0.3) is 0 Å². The van der Waals surface area contributed by atoms with Crippen molar-refractivity contribution in [3.8, 4) is 17.2 Å². The number of benzene rings is 3. The average molecular weight is 545 g/mol. The van der Waals surface area contributed by atoms with Crippen molar-refractivity contribution in [2.24, 2.45) is 0 Å². The standard InChI is InChI=1S/C34H40O6/c1-19-7-25(8-20(2)32(19)38-16-28-13-35-28)31(26-9-21(3)33(22(4)10-26)39-17-29-14-36-29)27-11-23(5)34(24(6)12-27)40-18-30-15-37-30/h7-12,28-31H,13-18H2,1-6H3. The van der Waals surface area contributed by atoms with Gasteiger partial charge in [0.05, 0.1) is 19.8 Å². The first-order valence-corrected chi connectivity index (χ1v) is 14.3. The molecule has 3 aliphatic rings. The molecule has 3 atom stereocenters. The number of hydrogen-bond acceptors (Lipinski definition) is 6. The molecule has 3 aliphatic heterocycles. The summed E-state index contributed by atoms with van der Waals surface area (Å²) in [4.78, 5) is 0. The highest BCUT2D eigenvalue weighted by atomic mass is 16.6. The fourth-order valence-electron chi connectivity index (χ4n) is 5.73. The summed E-state index contributed by atoms with van der Waals surface area (Å²) in [5.74, 6) is 2.90.